The largest absolute Gasteiger partial charge is 0.342 e. The summed E-state index contributed by atoms with van der Waals surface area (Å²) in [4.78, 5) is 14.4. The smallest absolute Gasteiger partial charge is 0.222 e. The first-order valence-corrected chi connectivity index (χ1v) is 9.34. The molecule has 3 fully saturated rings. The third-order valence-electron chi connectivity index (χ3n) is 5.59. The molecule has 4 rings (SSSR count). The molecule has 1 aromatic carbocycles. The fraction of sp³-hybridized carbons (Fsp3) is 0.632. The van der Waals surface area contributed by atoms with Gasteiger partial charge in [0.1, 0.15) is 0 Å². The number of amides is 1. The van der Waals surface area contributed by atoms with E-state index in [9.17, 15) is 4.79 Å². The Labute approximate surface area is 143 Å². The van der Waals surface area contributed by atoms with Gasteiger partial charge >= 0.3 is 0 Å². The van der Waals surface area contributed by atoms with E-state index in [0.717, 1.165) is 36.9 Å². The zero-order chi connectivity index (χ0) is 15.9. The lowest BCUT2D eigenvalue weighted by molar-refractivity contribution is -0.130. The summed E-state index contributed by atoms with van der Waals surface area (Å²) in [6.07, 6.45) is 7.68. The number of hydrogen-bond donors (Lipinski definition) is 1. The minimum atomic E-state index is 0.101. The van der Waals surface area contributed by atoms with Crippen LogP contribution in [0.3, 0.4) is 0 Å². The second kappa shape index (κ2) is 6.10. The molecule has 2 saturated carbocycles. The molecule has 1 heterocycles. The van der Waals surface area contributed by atoms with Crippen molar-refractivity contribution < 1.29 is 4.79 Å². The van der Waals surface area contributed by atoms with Crippen LogP contribution in [0.15, 0.2) is 24.3 Å². The molecular weight excluding hydrogens is 308 g/mol. The van der Waals surface area contributed by atoms with Crippen LogP contribution in [-0.4, -0.2) is 29.9 Å². The number of nitrogens with zero attached hydrogens (tertiary/aromatic N) is 1. The summed E-state index contributed by atoms with van der Waals surface area (Å²) in [7, 11) is 0. The van der Waals surface area contributed by atoms with Crippen LogP contribution in [0.5, 0.6) is 0 Å². The minimum absolute atomic E-state index is 0.101. The van der Waals surface area contributed by atoms with Crippen LogP contribution in [0.1, 0.15) is 50.5 Å². The van der Waals surface area contributed by atoms with E-state index in [1.807, 2.05) is 12.1 Å². The van der Waals surface area contributed by atoms with Crippen molar-refractivity contribution >= 4 is 17.5 Å². The molecule has 0 bridgehead atoms. The Morgan fingerprint density at radius 1 is 1.22 bits per heavy atom. The van der Waals surface area contributed by atoms with E-state index < -0.39 is 0 Å². The Kier molecular flexibility index (Phi) is 4.10. The molecule has 1 amide bonds. The molecule has 1 N–H and O–H groups in total. The van der Waals surface area contributed by atoms with E-state index in [4.69, 9.17) is 11.6 Å². The highest BCUT2D eigenvalue weighted by molar-refractivity contribution is 6.30. The molecule has 1 aliphatic heterocycles. The number of halogens is 1. The highest BCUT2D eigenvalue weighted by Crippen LogP contribution is 2.47. The predicted octanol–water partition coefficient (Wildman–Crippen LogP) is 3.71. The summed E-state index contributed by atoms with van der Waals surface area (Å²) in [6.45, 7) is 1.91. The number of nitrogens with one attached hydrogen (secondary N) is 1. The van der Waals surface area contributed by atoms with Crippen molar-refractivity contribution in [1.82, 2.24) is 10.2 Å². The molecule has 23 heavy (non-hydrogen) atoms. The molecule has 3 nitrogen and oxygen atoms in total. The van der Waals surface area contributed by atoms with Gasteiger partial charge in [0.25, 0.3) is 0 Å². The lowest BCUT2D eigenvalue weighted by Gasteiger charge is -2.25. The van der Waals surface area contributed by atoms with Crippen molar-refractivity contribution in [2.45, 2.75) is 56.5 Å². The molecule has 4 heteroatoms. The van der Waals surface area contributed by atoms with Crippen LogP contribution in [0.2, 0.25) is 5.02 Å². The van der Waals surface area contributed by atoms with E-state index in [1.54, 1.807) is 0 Å². The molecule has 0 spiro atoms. The fourth-order valence-electron chi connectivity index (χ4n) is 3.80. The maximum absolute atomic E-state index is 12.3. The van der Waals surface area contributed by atoms with Crippen molar-refractivity contribution in [3.8, 4) is 0 Å². The molecular formula is C19H25ClN2O. The summed E-state index contributed by atoms with van der Waals surface area (Å²) < 4.78 is 0. The summed E-state index contributed by atoms with van der Waals surface area (Å²) in [5.41, 5.74) is 1.40. The first-order valence-electron chi connectivity index (χ1n) is 8.96. The number of carbonyl (C=O) groups is 1. The topological polar surface area (TPSA) is 32.3 Å². The van der Waals surface area contributed by atoms with Gasteiger partial charge in [-0.3, -0.25) is 4.79 Å². The third-order valence-corrected chi connectivity index (χ3v) is 5.83. The first kappa shape index (κ1) is 15.5. The highest BCUT2D eigenvalue weighted by Gasteiger charge is 2.45. The van der Waals surface area contributed by atoms with Crippen LogP contribution >= 0.6 is 11.6 Å². The first-order chi connectivity index (χ1) is 11.1. The maximum atomic E-state index is 12.3. The van der Waals surface area contributed by atoms with Gasteiger partial charge in [0, 0.05) is 36.1 Å². The van der Waals surface area contributed by atoms with Gasteiger partial charge in [-0.05, 0) is 62.1 Å². The SMILES string of the molecule is O=C1CC[C@H](NC2(c3cccc(Cl)c3)CC2)CCN1CC1CC1. The van der Waals surface area contributed by atoms with E-state index in [-0.39, 0.29) is 5.54 Å². The van der Waals surface area contributed by atoms with Gasteiger partial charge in [0.2, 0.25) is 5.91 Å². The summed E-state index contributed by atoms with van der Waals surface area (Å²) in [6, 6.07) is 8.66. The zero-order valence-electron chi connectivity index (χ0n) is 13.6. The fourth-order valence-corrected chi connectivity index (χ4v) is 3.99. The second-order valence-electron chi connectivity index (χ2n) is 7.54. The maximum Gasteiger partial charge on any atom is 0.222 e. The Bertz CT molecular complexity index is 595. The Balaban J connectivity index is 1.40. The lowest BCUT2D eigenvalue weighted by atomic mass is 10.0. The highest BCUT2D eigenvalue weighted by atomic mass is 35.5. The van der Waals surface area contributed by atoms with Crippen LogP contribution < -0.4 is 5.32 Å². The molecule has 3 aliphatic rings. The predicted molar refractivity (Wildman–Crippen MR) is 92.4 cm³/mol. The van der Waals surface area contributed by atoms with Crippen molar-refractivity contribution in [3.63, 3.8) is 0 Å². The van der Waals surface area contributed by atoms with Crippen molar-refractivity contribution in [2.75, 3.05) is 13.1 Å². The monoisotopic (exact) mass is 332 g/mol. The second-order valence-corrected chi connectivity index (χ2v) is 7.98. The van der Waals surface area contributed by atoms with Crippen LogP contribution in [0, 0.1) is 5.92 Å². The quantitative estimate of drug-likeness (QED) is 0.891. The number of likely N-dealkylation sites (tertiary alicyclic amines) is 1. The van der Waals surface area contributed by atoms with Crippen LogP contribution in [0.25, 0.3) is 0 Å². The van der Waals surface area contributed by atoms with Gasteiger partial charge in [-0.1, -0.05) is 23.7 Å². The van der Waals surface area contributed by atoms with E-state index in [0.29, 0.717) is 18.4 Å². The standard InChI is InChI=1S/C19H25ClN2O/c20-16-3-1-2-15(12-16)19(9-10-19)21-17-6-7-18(23)22(11-8-17)13-14-4-5-14/h1-3,12,14,17,21H,4-11,13H2/t17-/m0/s1. The zero-order valence-corrected chi connectivity index (χ0v) is 14.3. The van der Waals surface area contributed by atoms with Gasteiger partial charge in [-0.2, -0.15) is 0 Å². The van der Waals surface area contributed by atoms with Gasteiger partial charge < -0.3 is 10.2 Å². The van der Waals surface area contributed by atoms with E-state index in [1.165, 1.54) is 31.2 Å². The van der Waals surface area contributed by atoms with Crippen LogP contribution in [0.4, 0.5) is 0 Å². The van der Waals surface area contributed by atoms with Crippen molar-refractivity contribution in [3.05, 3.63) is 34.9 Å². The molecule has 1 saturated heterocycles. The molecule has 0 radical (unpaired) electrons. The Hall–Kier alpha value is -1.06. The van der Waals surface area contributed by atoms with E-state index >= 15 is 0 Å². The molecule has 124 valence electrons. The van der Waals surface area contributed by atoms with Crippen molar-refractivity contribution in [2.24, 2.45) is 5.92 Å². The number of hydrogen-bond acceptors (Lipinski definition) is 2. The average molecular weight is 333 g/mol. The molecule has 2 aliphatic carbocycles. The lowest BCUT2D eigenvalue weighted by Crippen LogP contribution is -2.39. The van der Waals surface area contributed by atoms with Gasteiger partial charge in [0.15, 0.2) is 0 Å². The van der Waals surface area contributed by atoms with Gasteiger partial charge in [-0.15, -0.1) is 0 Å². The Morgan fingerprint density at radius 3 is 2.74 bits per heavy atom. The number of benzene rings is 1. The number of carbonyl (C=O) groups excluding carboxylic acids is 1. The molecule has 0 unspecified atom stereocenters. The van der Waals surface area contributed by atoms with Gasteiger partial charge in [-0.25, -0.2) is 0 Å². The molecule has 1 atom stereocenters. The molecule has 1 aromatic rings. The average Bonchev–Trinajstić information content (AvgIpc) is 3.43. The third kappa shape index (κ3) is 3.56. The summed E-state index contributed by atoms with van der Waals surface area (Å²) >= 11 is 6.16. The van der Waals surface area contributed by atoms with Gasteiger partial charge in [0.05, 0.1) is 0 Å². The van der Waals surface area contributed by atoms with Crippen LogP contribution in [-0.2, 0) is 10.3 Å². The normalized spacial score (nSPS) is 26.9. The summed E-state index contributed by atoms with van der Waals surface area (Å²) in [5.74, 6) is 1.14. The minimum Gasteiger partial charge on any atom is -0.342 e. The Morgan fingerprint density at radius 2 is 2.04 bits per heavy atom. The van der Waals surface area contributed by atoms with Crippen molar-refractivity contribution in [1.29, 1.82) is 0 Å². The molecule has 0 aromatic heterocycles. The van der Waals surface area contributed by atoms with E-state index in [2.05, 4.69) is 22.3 Å². The number of rotatable bonds is 5. The summed E-state index contributed by atoms with van der Waals surface area (Å²) in [5, 5.41) is 4.67.